The highest BCUT2D eigenvalue weighted by atomic mass is 15.2. The Hall–Kier alpha value is -6.90. The molecule has 0 unspecified atom stereocenters. The van der Waals surface area contributed by atoms with Crippen LogP contribution in [-0.4, -0.2) is 0 Å². The molecule has 256 valence electrons. The van der Waals surface area contributed by atoms with Crippen LogP contribution in [0.3, 0.4) is 0 Å². The summed E-state index contributed by atoms with van der Waals surface area (Å²) in [5.41, 5.74) is 13.6. The number of nitrogens with zero attached hydrogens (tertiary/aromatic N) is 2. The molecule has 0 N–H and O–H groups in total. The average Bonchev–Trinajstić information content (AvgIpc) is 3.27. The van der Waals surface area contributed by atoms with E-state index in [4.69, 9.17) is 0 Å². The number of hydrogen-bond donors (Lipinski definition) is 0. The van der Waals surface area contributed by atoms with Gasteiger partial charge in [0.15, 0.2) is 0 Å². The summed E-state index contributed by atoms with van der Waals surface area (Å²) in [5, 5.41) is 0. The molecule has 2 radical (unpaired) electrons. The number of hydrogen-bond acceptors (Lipinski definition) is 2. The number of benzene rings is 7. The third-order valence-corrected chi connectivity index (χ3v) is 9.99. The van der Waals surface area contributed by atoms with E-state index < -0.39 is 0 Å². The lowest BCUT2D eigenvalue weighted by atomic mass is 9.89. The molecule has 2 heteroatoms. The largest absolute Gasteiger partial charge is 0.310 e. The van der Waals surface area contributed by atoms with E-state index >= 15 is 0 Å². The van der Waals surface area contributed by atoms with Gasteiger partial charge in [-0.2, -0.15) is 0 Å². The number of allylic oxidation sites excluding steroid dienone is 4. The number of anilines is 2. The van der Waals surface area contributed by atoms with Crippen LogP contribution >= 0.6 is 0 Å². The third-order valence-electron chi connectivity index (χ3n) is 9.99. The molecule has 0 amide bonds. The van der Waals surface area contributed by atoms with Crippen molar-refractivity contribution in [3.8, 4) is 0 Å². The first-order valence-corrected chi connectivity index (χ1v) is 18.4. The van der Waals surface area contributed by atoms with Gasteiger partial charge in [0, 0.05) is 11.4 Å². The molecule has 0 aromatic heterocycles. The van der Waals surface area contributed by atoms with Crippen LogP contribution < -0.4 is 9.80 Å². The Balaban J connectivity index is 1.19. The minimum Gasteiger partial charge on any atom is -0.310 e. The molecule has 0 fully saturated rings. The topological polar surface area (TPSA) is 6.48 Å². The van der Waals surface area contributed by atoms with E-state index in [2.05, 4.69) is 240 Å². The second-order valence-electron chi connectivity index (χ2n) is 13.4. The fraction of sp³-hybridized carbons (Fsp3) is 0. The monoisotopic (exact) mass is 690 g/mol. The van der Waals surface area contributed by atoms with Crippen LogP contribution in [0.2, 0.25) is 0 Å². The molecule has 54 heavy (non-hydrogen) atoms. The molecule has 9 rings (SSSR count). The molecule has 0 saturated carbocycles. The SMILES string of the molecule is C1=C(c2ccccc2)N(c2ccc(N3C(c4ccccc4)=C[C](c4ccccc4)C=C3c3ccccc3)cc2)C(c2ccccc2)=C[C]1c1ccccc1. The first-order chi connectivity index (χ1) is 26.8. The van der Waals surface area contributed by atoms with Gasteiger partial charge in [-0.25, -0.2) is 0 Å². The summed E-state index contributed by atoms with van der Waals surface area (Å²) in [6.07, 6.45) is 9.29. The lowest BCUT2D eigenvalue weighted by Crippen LogP contribution is -2.26. The molecular weight excluding hydrogens is 653 g/mol. The van der Waals surface area contributed by atoms with Crippen LogP contribution in [0.4, 0.5) is 11.4 Å². The van der Waals surface area contributed by atoms with E-state index in [1.165, 1.54) is 23.0 Å². The zero-order chi connectivity index (χ0) is 36.1. The lowest BCUT2D eigenvalue weighted by molar-refractivity contribution is 1.21. The molecular formula is C52H38N2. The number of rotatable bonds is 8. The van der Waals surface area contributed by atoms with Crippen LogP contribution in [0.25, 0.3) is 22.8 Å². The van der Waals surface area contributed by atoms with Crippen LogP contribution in [0.1, 0.15) is 33.4 Å². The maximum atomic E-state index is 2.40. The summed E-state index contributed by atoms with van der Waals surface area (Å²) >= 11 is 0. The summed E-state index contributed by atoms with van der Waals surface area (Å²) in [4.78, 5) is 4.81. The van der Waals surface area contributed by atoms with Crippen molar-refractivity contribution >= 4 is 34.2 Å². The molecule has 7 aromatic rings. The van der Waals surface area contributed by atoms with Crippen molar-refractivity contribution in [3.05, 3.63) is 276 Å². The normalized spacial score (nSPS) is 14.9. The summed E-state index contributed by atoms with van der Waals surface area (Å²) < 4.78 is 0. The van der Waals surface area contributed by atoms with Gasteiger partial charge < -0.3 is 9.80 Å². The highest BCUT2D eigenvalue weighted by molar-refractivity contribution is 6.02. The van der Waals surface area contributed by atoms with Crippen LogP contribution in [-0.2, 0) is 0 Å². The molecule has 2 aliphatic heterocycles. The van der Waals surface area contributed by atoms with Crippen molar-refractivity contribution < 1.29 is 0 Å². The van der Waals surface area contributed by atoms with E-state index in [0.29, 0.717) is 0 Å². The highest BCUT2D eigenvalue weighted by Gasteiger charge is 2.29. The van der Waals surface area contributed by atoms with E-state index in [0.717, 1.165) is 56.4 Å². The van der Waals surface area contributed by atoms with Crippen molar-refractivity contribution in [2.24, 2.45) is 0 Å². The molecule has 0 spiro atoms. The van der Waals surface area contributed by atoms with Crippen LogP contribution in [0, 0.1) is 11.8 Å². The lowest BCUT2D eigenvalue weighted by Gasteiger charge is -2.37. The maximum Gasteiger partial charge on any atom is 0.0527 e. The summed E-state index contributed by atoms with van der Waals surface area (Å²) in [6, 6.07) is 73.2. The van der Waals surface area contributed by atoms with Gasteiger partial charge in [-0.1, -0.05) is 182 Å². The highest BCUT2D eigenvalue weighted by Crippen LogP contribution is 2.45. The minimum absolute atomic E-state index is 1.08. The Morgan fingerprint density at radius 2 is 0.407 bits per heavy atom. The molecule has 0 atom stereocenters. The summed E-state index contributed by atoms with van der Waals surface area (Å²) in [6.45, 7) is 0. The summed E-state index contributed by atoms with van der Waals surface area (Å²) in [7, 11) is 0. The Labute approximate surface area is 318 Å². The predicted octanol–water partition coefficient (Wildman–Crippen LogP) is 12.7. The van der Waals surface area contributed by atoms with Gasteiger partial charge in [-0.3, -0.25) is 0 Å². The Bertz CT molecular complexity index is 2160. The molecule has 0 bridgehead atoms. The maximum absolute atomic E-state index is 2.40. The zero-order valence-electron chi connectivity index (χ0n) is 29.8. The van der Waals surface area contributed by atoms with Crippen molar-refractivity contribution in [1.29, 1.82) is 0 Å². The second-order valence-corrected chi connectivity index (χ2v) is 13.4. The van der Waals surface area contributed by atoms with Crippen LogP contribution in [0.5, 0.6) is 0 Å². The van der Waals surface area contributed by atoms with Crippen molar-refractivity contribution in [2.75, 3.05) is 9.80 Å². The summed E-state index contributed by atoms with van der Waals surface area (Å²) in [5.74, 6) is 2.35. The van der Waals surface area contributed by atoms with Crippen molar-refractivity contribution in [1.82, 2.24) is 0 Å². The van der Waals surface area contributed by atoms with Crippen LogP contribution in [0.15, 0.2) is 231 Å². The standard InChI is InChI=1S/C52H38N2/c1-7-19-39(20-8-1)45-35-49(41-23-11-3-12-24-41)53(50(36-45)42-25-13-4-14-26-42)47-31-33-48(34-32-47)54-51(43-27-15-5-16-28-43)37-46(40-21-9-2-10-22-40)38-52(54)44-29-17-6-18-30-44/h1-38H. The van der Waals surface area contributed by atoms with Gasteiger partial charge in [0.2, 0.25) is 0 Å². The zero-order valence-corrected chi connectivity index (χ0v) is 29.8. The molecule has 2 nitrogen and oxygen atoms in total. The fourth-order valence-corrected chi connectivity index (χ4v) is 7.38. The van der Waals surface area contributed by atoms with Crippen molar-refractivity contribution in [2.45, 2.75) is 0 Å². The van der Waals surface area contributed by atoms with E-state index in [9.17, 15) is 0 Å². The van der Waals surface area contributed by atoms with E-state index in [-0.39, 0.29) is 0 Å². The van der Waals surface area contributed by atoms with Gasteiger partial charge in [0.1, 0.15) is 0 Å². The first kappa shape index (κ1) is 33.0. The molecule has 0 saturated heterocycles. The van der Waals surface area contributed by atoms with Gasteiger partial charge in [-0.15, -0.1) is 0 Å². The molecule has 7 aromatic carbocycles. The first-order valence-electron chi connectivity index (χ1n) is 18.4. The minimum atomic E-state index is 1.08. The molecule has 0 aliphatic carbocycles. The van der Waals surface area contributed by atoms with Gasteiger partial charge >= 0.3 is 0 Å². The second kappa shape index (κ2) is 15.0. The van der Waals surface area contributed by atoms with Gasteiger partial charge in [-0.05, 0) is 82.0 Å². The Kier molecular flexibility index (Phi) is 9.15. The quantitative estimate of drug-likeness (QED) is 0.157. The molecule has 2 heterocycles. The van der Waals surface area contributed by atoms with Gasteiger partial charge in [0.25, 0.3) is 0 Å². The Morgan fingerprint density at radius 3 is 0.630 bits per heavy atom. The average molecular weight is 691 g/mol. The van der Waals surface area contributed by atoms with Gasteiger partial charge in [0.05, 0.1) is 34.6 Å². The third kappa shape index (κ3) is 6.62. The van der Waals surface area contributed by atoms with E-state index in [1.807, 2.05) is 0 Å². The molecule has 2 aliphatic rings. The fourth-order valence-electron chi connectivity index (χ4n) is 7.38. The Morgan fingerprint density at radius 1 is 0.204 bits per heavy atom. The smallest absolute Gasteiger partial charge is 0.0527 e. The predicted molar refractivity (Wildman–Crippen MR) is 227 cm³/mol. The van der Waals surface area contributed by atoms with E-state index in [1.54, 1.807) is 0 Å². The van der Waals surface area contributed by atoms with Crippen molar-refractivity contribution in [3.63, 3.8) is 0 Å².